The topological polar surface area (TPSA) is 84.0 Å². The molecule has 1 aromatic rings. The predicted molar refractivity (Wildman–Crippen MR) is 67.7 cm³/mol. The van der Waals surface area contributed by atoms with Gasteiger partial charge in [0, 0.05) is 24.8 Å². The Kier molecular flexibility index (Phi) is 5.10. The van der Waals surface area contributed by atoms with Crippen LogP contribution in [0, 0.1) is 6.92 Å². The molecule has 2 N–H and O–H groups in total. The average molecular weight is 279 g/mol. The smallest absolute Gasteiger partial charge is 0.224 e. The summed E-state index contributed by atoms with van der Waals surface area (Å²) in [4.78, 5) is 7.86. The number of hydrogen-bond donors (Lipinski definition) is 2. The molecule has 6 nitrogen and oxygen atoms in total. The van der Waals surface area contributed by atoms with E-state index in [1.165, 1.54) is 0 Å². The van der Waals surface area contributed by atoms with E-state index in [2.05, 4.69) is 20.0 Å². The summed E-state index contributed by atoms with van der Waals surface area (Å²) in [7, 11) is -3.11. The average Bonchev–Trinajstić information content (AvgIpc) is 2.21. The summed E-state index contributed by atoms with van der Waals surface area (Å²) < 4.78 is 24.0. The minimum Gasteiger partial charge on any atom is -0.370 e. The first-order valence-corrected chi connectivity index (χ1v) is 7.33. The molecule has 0 saturated carbocycles. The molecular formula is C9H15ClN4O2S. The summed E-state index contributed by atoms with van der Waals surface area (Å²) >= 11 is 5.66. The molecule has 0 spiro atoms. The van der Waals surface area contributed by atoms with Crippen LogP contribution >= 0.6 is 11.6 Å². The molecule has 0 aromatic carbocycles. The lowest BCUT2D eigenvalue weighted by Gasteiger charge is -2.08. The normalized spacial score (nSPS) is 11.5. The van der Waals surface area contributed by atoms with Crippen LogP contribution in [0.25, 0.3) is 0 Å². The predicted octanol–water partition coefficient (Wildman–Crippen LogP) is 0.790. The van der Waals surface area contributed by atoms with Crippen molar-refractivity contribution in [3.8, 4) is 0 Å². The lowest BCUT2D eigenvalue weighted by atomic mass is 10.3. The second-order valence-electron chi connectivity index (χ2n) is 3.62. The Hall–Kier alpha value is -0.920. The van der Waals surface area contributed by atoms with Gasteiger partial charge in [-0.05, 0) is 24.9 Å². The second-order valence-corrected chi connectivity index (χ2v) is 5.79. The van der Waals surface area contributed by atoms with Crippen molar-refractivity contribution < 1.29 is 8.42 Å². The van der Waals surface area contributed by atoms with E-state index in [1.807, 2.05) is 6.92 Å². The van der Waals surface area contributed by atoms with E-state index in [0.29, 0.717) is 25.3 Å². The summed E-state index contributed by atoms with van der Waals surface area (Å²) in [5.74, 6) is 0.671. The standard InChI is InChI=1S/C9H15ClN4O2S/c1-7-6-12-9(10)14-8(7)11-4-3-5-13-17(2,15)16/h6,13H,3-5H2,1-2H3,(H,11,12,14). The number of nitrogens with zero attached hydrogens (tertiary/aromatic N) is 2. The Morgan fingerprint density at radius 3 is 2.76 bits per heavy atom. The molecule has 0 radical (unpaired) electrons. The van der Waals surface area contributed by atoms with Crippen LogP contribution in [0.1, 0.15) is 12.0 Å². The van der Waals surface area contributed by atoms with Gasteiger partial charge in [0.15, 0.2) is 0 Å². The van der Waals surface area contributed by atoms with Gasteiger partial charge in [-0.3, -0.25) is 0 Å². The molecule has 0 fully saturated rings. The van der Waals surface area contributed by atoms with Gasteiger partial charge in [-0.15, -0.1) is 0 Å². The van der Waals surface area contributed by atoms with Crippen molar-refractivity contribution in [3.63, 3.8) is 0 Å². The molecule has 8 heteroatoms. The van der Waals surface area contributed by atoms with Crippen LogP contribution in [-0.4, -0.2) is 37.7 Å². The Bertz CT molecular complexity index is 478. The number of anilines is 1. The summed E-state index contributed by atoms with van der Waals surface area (Å²) in [5.41, 5.74) is 0.894. The van der Waals surface area contributed by atoms with Crippen LogP contribution in [0.4, 0.5) is 5.82 Å². The van der Waals surface area contributed by atoms with Crippen molar-refractivity contribution in [3.05, 3.63) is 17.0 Å². The van der Waals surface area contributed by atoms with E-state index in [-0.39, 0.29) is 5.28 Å². The number of halogens is 1. The number of rotatable bonds is 6. The molecule has 0 aliphatic heterocycles. The molecular weight excluding hydrogens is 264 g/mol. The molecule has 0 amide bonds. The highest BCUT2D eigenvalue weighted by Gasteiger charge is 2.02. The Morgan fingerprint density at radius 1 is 1.41 bits per heavy atom. The molecule has 1 rings (SSSR count). The molecule has 0 unspecified atom stereocenters. The van der Waals surface area contributed by atoms with Crippen LogP contribution in [0.3, 0.4) is 0 Å². The van der Waals surface area contributed by atoms with Crippen LogP contribution in [0.15, 0.2) is 6.20 Å². The van der Waals surface area contributed by atoms with Gasteiger partial charge in [-0.1, -0.05) is 0 Å². The molecule has 17 heavy (non-hydrogen) atoms. The van der Waals surface area contributed by atoms with E-state index < -0.39 is 10.0 Å². The molecule has 0 aliphatic rings. The third kappa shape index (κ3) is 5.81. The first-order chi connectivity index (χ1) is 7.88. The quantitative estimate of drug-likeness (QED) is 0.594. The highest BCUT2D eigenvalue weighted by atomic mass is 35.5. The third-order valence-corrected chi connectivity index (χ3v) is 2.86. The lowest BCUT2D eigenvalue weighted by Crippen LogP contribution is -2.24. The first-order valence-electron chi connectivity index (χ1n) is 5.06. The molecule has 0 atom stereocenters. The minimum absolute atomic E-state index is 0.187. The van der Waals surface area contributed by atoms with Gasteiger partial charge in [0.1, 0.15) is 5.82 Å². The van der Waals surface area contributed by atoms with Crippen LogP contribution < -0.4 is 10.0 Å². The van der Waals surface area contributed by atoms with Crippen molar-refractivity contribution >= 4 is 27.4 Å². The van der Waals surface area contributed by atoms with E-state index in [0.717, 1.165) is 11.8 Å². The van der Waals surface area contributed by atoms with E-state index in [4.69, 9.17) is 11.6 Å². The molecule has 1 heterocycles. The van der Waals surface area contributed by atoms with Gasteiger partial charge >= 0.3 is 0 Å². The van der Waals surface area contributed by atoms with Crippen LogP contribution in [0.2, 0.25) is 5.28 Å². The number of sulfonamides is 1. The zero-order valence-electron chi connectivity index (χ0n) is 9.70. The fourth-order valence-electron chi connectivity index (χ4n) is 1.15. The van der Waals surface area contributed by atoms with E-state index in [1.54, 1.807) is 6.20 Å². The minimum atomic E-state index is -3.11. The number of aryl methyl sites for hydroxylation is 1. The van der Waals surface area contributed by atoms with Crippen molar-refractivity contribution in [2.45, 2.75) is 13.3 Å². The Labute approximate surface area is 106 Å². The van der Waals surface area contributed by atoms with Crippen LogP contribution in [-0.2, 0) is 10.0 Å². The second kappa shape index (κ2) is 6.13. The molecule has 0 saturated heterocycles. The van der Waals surface area contributed by atoms with Crippen molar-refractivity contribution in [1.82, 2.24) is 14.7 Å². The summed E-state index contributed by atoms with van der Waals surface area (Å²) in [6.45, 7) is 2.87. The van der Waals surface area contributed by atoms with Crippen molar-refractivity contribution in [2.75, 3.05) is 24.7 Å². The van der Waals surface area contributed by atoms with Crippen LogP contribution in [0.5, 0.6) is 0 Å². The molecule has 96 valence electrons. The van der Waals surface area contributed by atoms with Gasteiger partial charge in [0.05, 0.1) is 6.26 Å². The van der Waals surface area contributed by atoms with Gasteiger partial charge in [-0.25, -0.2) is 23.1 Å². The molecule has 1 aromatic heterocycles. The molecule has 0 aliphatic carbocycles. The maximum atomic E-state index is 10.8. The zero-order valence-corrected chi connectivity index (χ0v) is 11.3. The van der Waals surface area contributed by atoms with Gasteiger partial charge in [0.2, 0.25) is 15.3 Å². The zero-order chi connectivity index (χ0) is 12.9. The largest absolute Gasteiger partial charge is 0.370 e. The fraction of sp³-hybridized carbons (Fsp3) is 0.556. The lowest BCUT2D eigenvalue weighted by molar-refractivity contribution is 0.586. The first kappa shape index (κ1) is 14.1. The maximum absolute atomic E-state index is 10.8. The van der Waals surface area contributed by atoms with Gasteiger partial charge in [0.25, 0.3) is 0 Å². The van der Waals surface area contributed by atoms with Crippen molar-refractivity contribution in [2.24, 2.45) is 0 Å². The van der Waals surface area contributed by atoms with Gasteiger partial charge in [-0.2, -0.15) is 0 Å². The highest BCUT2D eigenvalue weighted by Crippen LogP contribution is 2.12. The Balaban J connectivity index is 2.34. The van der Waals surface area contributed by atoms with E-state index in [9.17, 15) is 8.42 Å². The Morgan fingerprint density at radius 2 is 2.12 bits per heavy atom. The number of nitrogens with one attached hydrogen (secondary N) is 2. The SMILES string of the molecule is Cc1cnc(Cl)nc1NCCCNS(C)(=O)=O. The monoisotopic (exact) mass is 278 g/mol. The third-order valence-electron chi connectivity index (χ3n) is 1.95. The number of aromatic nitrogens is 2. The number of hydrogen-bond acceptors (Lipinski definition) is 5. The fourth-order valence-corrected chi connectivity index (χ4v) is 1.80. The van der Waals surface area contributed by atoms with E-state index >= 15 is 0 Å². The summed E-state index contributed by atoms with van der Waals surface area (Å²) in [5, 5.41) is 3.26. The van der Waals surface area contributed by atoms with Gasteiger partial charge < -0.3 is 5.32 Å². The maximum Gasteiger partial charge on any atom is 0.224 e. The van der Waals surface area contributed by atoms with Crippen molar-refractivity contribution in [1.29, 1.82) is 0 Å². The summed E-state index contributed by atoms with van der Waals surface area (Å²) in [6.07, 6.45) is 3.43. The molecule has 0 bridgehead atoms. The highest BCUT2D eigenvalue weighted by molar-refractivity contribution is 7.88. The summed E-state index contributed by atoms with van der Waals surface area (Å²) in [6, 6.07) is 0.